The van der Waals surface area contributed by atoms with Crippen molar-refractivity contribution in [3.05, 3.63) is 125 Å². The second kappa shape index (κ2) is 7.85. The lowest BCUT2D eigenvalue weighted by Crippen LogP contribution is -2.09. The molecule has 1 aromatic heterocycles. The van der Waals surface area contributed by atoms with Crippen LogP contribution in [-0.2, 0) is 6.42 Å². The predicted molar refractivity (Wildman–Crippen MR) is 135 cm³/mol. The van der Waals surface area contributed by atoms with E-state index in [1.54, 1.807) is 0 Å². The van der Waals surface area contributed by atoms with Gasteiger partial charge in [-0.2, -0.15) is 0 Å². The van der Waals surface area contributed by atoms with Gasteiger partial charge in [0.2, 0.25) is 5.88 Å². The Hall–Kier alpha value is -3.56. The van der Waals surface area contributed by atoms with Crippen LogP contribution in [0.4, 0.5) is 17.3 Å². The summed E-state index contributed by atoms with van der Waals surface area (Å²) in [7, 11) is 0. The van der Waals surface area contributed by atoms with E-state index in [1.165, 1.54) is 33.4 Å². The van der Waals surface area contributed by atoms with Crippen molar-refractivity contribution in [2.75, 3.05) is 4.90 Å². The molecule has 0 aliphatic heterocycles. The molecule has 6 rings (SSSR count). The second-order valence-electron chi connectivity index (χ2n) is 8.00. The molecule has 3 heteroatoms. The minimum absolute atomic E-state index is 0.715. The average Bonchev–Trinajstić information content (AvgIpc) is 3.43. The molecule has 1 aliphatic carbocycles. The number of halogens is 1. The third-order valence-corrected chi connectivity index (χ3v) is 6.47. The Bertz CT molecular complexity index is 1400. The zero-order valence-electron chi connectivity index (χ0n) is 17.3. The van der Waals surface area contributed by atoms with Crippen molar-refractivity contribution < 1.29 is 4.42 Å². The highest BCUT2D eigenvalue weighted by molar-refractivity contribution is 9.10. The highest BCUT2D eigenvalue weighted by Crippen LogP contribution is 2.42. The minimum Gasteiger partial charge on any atom is -0.433 e. The van der Waals surface area contributed by atoms with Crippen LogP contribution in [-0.4, -0.2) is 0 Å². The number of hydrogen-bond donors (Lipinski definition) is 0. The normalized spacial score (nSPS) is 11.8. The van der Waals surface area contributed by atoms with E-state index in [0.29, 0.717) is 4.67 Å². The Morgan fingerprint density at radius 3 is 2.06 bits per heavy atom. The van der Waals surface area contributed by atoms with Crippen LogP contribution in [0.1, 0.15) is 11.1 Å². The highest BCUT2D eigenvalue weighted by atomic mass is 79.9. The van der Waals surface area contributed by atoms with Gasteiger partial charge in [0, 0.05) is 17.4 Å². The smallest absolute Gasteiger partial charge is 0.205 e. The van der Waals surface area contributed by atoms with Gasteiger partial charge in [0.05, 0.1) is 0 Å². The van der Waals surface area contributed by atoms with E-state index in [-0.39, 0.29) is 0 Å². The van der Waals surface area contributed by atoms with Gasteiger partial charge in [0.15, 0.2) is 4.67 Å². The van der Waals surface area contributed by atoms with E-state index in [4.69, 9.17) is 4.42 Å². The third kappa shape index (κ3) is 3.35. The fraction of sp³-hybridized carbons (Fsp3) is 0.0345. The van der Waals surface area contributed by atoms with Crippen molar-refractivity contribution in [2.45, 2.75) is 6.42 Å². The first-order chi connectivity index (χ1) is 15.8. The Kier molecular flexibility index (Phi) is 4.70. The first kappa shape index (κ1) is 19.1. The lowest BCUT2D eigenvalue weighted by Gasteiger charge is -2.23. The molecule has 32 heavy (non-hydrogen) atoms. The van der Waals surface area contributed by atoms with E-state index in [2.05, 4.69) is 112 Å². The van der Waals surface area contributed by atoms with Gasteiger partial charge in [-0.15, -0.1) is 0 Å². The summed E-state index contributed by atoms with van der Waals surface area (Å²) >= 11 is 3.46. The summed E-state index contributed by atoms with van der Waals surface area (Å²) in [6.45, 7) is 0. The van der Waals surface area contributed by atoms with Crippen LogP contribution in [0.2, 0.25) is 0 Å². The SMILES string of the molecule is Brc1ccc(N(c2ccc(-c3ccccc3)cc2)c2ccc3c(c2)Cc2ccccc2-3)o1. The molecular weight excluding hydrogens is 458 g/mol. The zero-order chi connectivity index (χ0) is 21.5. The monoisotopic (exact) mass is 477 g/mol. The average molecular weight is 478 g/mol. The number of benzene rings is 4. The molecule has 0 N–H and O–H groups in total. The number of anilines is 3. The number of hydrogen-bond acceptors (Lipinski definition) is 2. The van der Waals surface area contributed by atoms with Gasteiger partial charge in [-0.3, -0.25) is 4.90 Å². The summed E-state index contributed by atoms with van der Waals surface area (Å²) in [6.07, 6.45) is 0.960. The largest absolute Gasteiger partial charge is 0.433 e. The molecule has 0 saturated heterocycles. The molecule has 154 valence electrons. The van der Waals surface area contributed by atoms with Gasteiger partial charge in [-0.1, -0.05) is 72.8 Å². The number of fused-ring (bicyclic) bond motifs is 3. The van der Waals surface area contributed by atoms with Gasteiger partial charge in [0.25, 0.3) is 0 Å². The first-order valence-electron chi connectivity index (χ1n) is 10.7. The van der Waals surface area contributed by atoms with Gasteiger partial charge >= 0.3 is 0 Å². The Morgan fingerprint density at radius 2 is 1.28 bits per heavy atom. The molecule has 0 fully saturated rings. The van der Waals surface area contributed by atoms with Crippen molar-refractivity contribution in [3.8, 4) is 22.3 Å². The standard InChI is InChI=1S/C29H20BrNO/c30-28-16-17-29(32-28)31(24-12-10-21(11-13-24)20-6-2-1-3-7-20)25-14-15-27-23(19-25)18-22-8-4-5-9-26(22)27/h1-17,19H,18H2. The quantitative estimate of drug-likeness (QED) is 0.252. The fourth-order valence-corrected chi connectivity index (χ4v) is 4.83. The van der Waals surface area contributed by atoms with E-state index in [0.717, 1.165) is 23.7 Å². The first-order valence-corrected chi connectivity index (χ1v) is 11.5. The summed E-state index contributed by atoms with van der Waals surface area (Å²) < 4.78 is 6.71. The fourth-order valence-electron chi connectivity index (χ4n) is 4.53. The molecule has 0 atom stereocenters. The van der Waals surface area contributed by atoms with Crippen molar-refractivity contribution >= 4 is 33.2 Å². The number of nitrogens with zero attached hydrogens (tertiary/aromatic N) is 1. The molecule has 0 unspecified atom stereocenters. The molecule has 1 heterocycles. The maximum Gasteiger partial charge on any atom is 0.205 e. The Labute approximate surface area is 195 Å². The van der Waals surface area contributed by atoms with Crippen molar-refractivity contribution in [2.24, 2.45) is 0 Å². The zero-order valence-corrected chi connectivity index (χ0v) is 18.9. The topological polar surface area (TPSA) is 16.4 Å². The Balaban J connectivity index is 1.42. The van der Waals surface area contributed by atoms with Crippen molar-refractivity contribution in [3.63, 3.8) is 0 Å². The molecule has 0 spiro atoms. The van der Waals surface area contributed by atoms with Gasteiger partial charge in [-0.25, -0.2) is 0 Å². The van der Waals surface area contributed by atoms with Crippen LogP contribution in [0.5, 0.6) is 0 Å². The van der Waals surface area contributed by atoms with Gasteiger partial charge in [0.1, 0.15) is 0 Å². The van der Waals surface area contributed by atoms with Crippen LogP contribution in [0, 0.1) is 0 Å². The van der Waals surface area contributed by atoms with Crippen LogP contribution < -0.4 is 4.90 Å². The van der Waals surface area contributed by atoms with Crippen molar-refractivity contribution in [1.82, 2.24) is 0 Å². The Morgan fingerprint density at radius 1 is 0.594 bits per heavy atom. The lowest BCUT2D eigenvalue weighted by atomic mass is 10.0. The van der Waals surface area contributed by atoms with Gasteiger partial charge < -0.3 is 4.42 Å². The van der Waals surface area contributed by atoms with Gasteiger partial charge in [-0.05, 0) is 86.1 Å². The second-order valence-corrected chi connectivity index (χ2v) is 8.78. The molecule has 1 aliphatic rings. The predicted octanol–water partition coefficient (Wildman–Crippen LogP) is 8.75. The van der Waals surface area contributed by atoms with Crippen LogP contribution >= 0.6 is 15.9 Å². The van der Waals surface area contributed by atoms with Crippen LogP contribution in [0.25, 0.3) is 22.3 Å². The summed E-state index contributed by atoms with van der Waals surface area (Å²) in [4.78, 5) is 2.17. The van der Waals surface area contributed by atoms with Crippen molar-refractivity contribution in [1.29, 1.82) is 0 Å². The highest BCUT2D eigenvalue weighted by Gasteiger charge is 2.22. The molecule has 0 amide bonds. The van der Waals surface area contributed by atoms with E-state index in [9.17, 15) is 0 Å². The lowest BCUT2D eigenvalue weighted by molar-refractivity contribution is 0.548. The molecule has 4 aromatic carbocycles. The third-order valence-electron chi connectivity index (χ3n) is 6.05. The van der Waals surface area contributed by atoms with Crippen LogP contribution in [0.15, 0.2) is 118 Å². The molecule has 0 saturated carbocycles. The maximum atomic E-state index is 5.99. The summed E-state index contributed by atoms with van der Waals surface area (Å²) in [6, 6.07) is 38.4. The summed E-state index contributed by atoms with van der Waals surface area (Å²) in [5.74, 6) is 0.778. The maximum absolute atomic E-state index is 5.99. The van der Waals surface area contributed by atoms with E-state index >= 15 is 0 Å². The molecule has 0 radical (unpaired) electrons. The number of furan rings is 1. The number of rotatable bonds is 4. The molecule has 0 bridgehead atoms. The minimum atomic E-state index is 0.715. The summed E-state index contributed by atoms with van der Waals surface area (Å²) in [5, 5.41) is 0. The van der Waals surface area contributed by atoms with Crippen LogP contribution in [0.3, 0.4) is 0 Å². The molecular formula is C29H20BrNO. The van der Waals surface area contributed by atoms with E-state index in [1.807, 2.05) is 18.2 Å². The molecule has 5 aromatic rings. The van der Waals surface area contributed by atoms with E-state index < -0.39 is 0 Å². The molecule has 2 nitrogen and oxygen atoms in total. The summed E-state index contributed by atoms with van der Waals surface area (Å²) in [5.41, 5.74) is 9.95.